The SMILES string of the molecule is C=CCC(NC(=O)[C@H](C)N)OC. The third kappa shape index (κ3) is 4.10. The molecule has 0 aromatic carbocycles. The summed E-state index contributed by atoms with van der Waals surface area (Å²) >= 11 is 0. The molecule has 0 aliphatic heterocycles. The van der Waals surface area contributed by atoms with Crippen LogP contribution in [-0.4, -0.2) is 25.3 Å². The van der Waals surface area contributed by atoms with Crippen molar-refractivity contribution >= 4 is 5.91 Å². The quantitative estimate of drug-likeness (QED) is 0.453. The lowest BCUT2D eigenvalue weighted by Crippen LogP contribution is -2.44. The molecule has 0 radical (unpaired) electrons. The Kier molecular flexibility index (Phi) is 5.32. The number of amides is 1. The number of ether oxygens (including phenoxy) is 1. The van der Waals surface area contributed by atoms with E-state index in [1.807, 2.05) is 0 Å². The molecule has 0 spiro atoms. The zero-order valence-corrected chi connectivity index (χ0v) is 7.54. The maximum Gasteiger partial charge on any atom is 0.238 e. The first-order valence-corrected chi connectivity index (χ1v) is 3.81. The van der Waals surface area contributed by atoms with Crippen molar-refractivity contribution in [2.24, 2.45) is 5.73 Å². The number of carbonyl (C=O) groups excluding carboxylic acids is 1. The van der Waals surface area contributed by atoms with Gasteiger partial charge in [-0.2, -0.15) is 0 Å². The van der Waals surface area contributed by atoms with Crippen molar-refractivity contribution in [1.82, 2.24) is 5.32 Å². The fourth-order valence-corrected chi connectivity index (χ4v) is 0.656. The highest BCUT2D eigenvalue weighted by Crippen LogP contribution is 1.93. The molecule has 0 fully saturated rings. The molecule has 70 valence electrons. The number of carbonyl (C=O) groups is 1. The molecule has 0 rings (SSSR count). The number of rotatable bonds is 5. The lowest BCUT2D eigenvalue weighted by molar-refractivity contribution is -0.125. The van der Waals surface area contributed by atoms with E-state index in [2.05, 4.69) is 11.9 Å². The van der Waals surface area contributed by atoms with Crippen molar-refractivity contribution in [2.75, 3.05) is 7.11 Å². The van der Waals surface area contributed by atoms with E-state index in [0.29, 0.717) is 6.42 Å². The minimum absolute atomic E-state index is 0.219. The molecule has 12 heavy (non-hydrogen) atoms. The summed E-state index contributed by atoms with van der Waals surface area (Å²) in [4.78, 5) is 11.0. The standard InChI is InChI=1S/C8H16N2O2/c1-4-5-7(12-3)10-8(11)6(2)9/h4,6-7H,1,5,9H2,2-3H3,(H,10,11)/t6-,7?/m0/s1. The molecule has 1 amide bonds. The van der Waals surface area contributed by atoms with Crippen LogP contribution in [0.15, 0.2) is 12.7 Å². The molecule has 3 N–H and O–H groups in total. The molecule has 0 aliphatic rings. The highest BCUT2D eigenvalue weighted by molar-refractivity contribution is 5.81. The number of nitrogens with two attached hydrogens (primary N) is 1. The van der Waals surface area contributed by atoms with Gasteiger partial charge in [-0.05, 0) is 6.92 Å². The van der Waals surface area contributed by atoms with Crippen LogP contribution >= 0.6 is 0 Å². The monoisotopic (exact) mass is 172 g/mol. The first-order valence-electron chi connectivity index (χ1n) is 3.81. The van der Waals surface area contributed by atoms with Crippen LogP contribution < -0.4 is 11.1 Å². The van der Waals surface area contributed by atoms with Crippen molar-refractivity contribution in [3.05, 3.63) is 12.7 Å². The molecule has 0 aromatic heterocycles. The molecule has 0 aliphatic carbocycles. The summed E-state index contributed by atoms with van der Waals surface area (Å²) in [5, 5.41) is 2.61. The summed E-state index contributed by atoms with van der Waals surface area (Å²) in [6, 6.07) is -0.507. The fraction of sp³-hybridized carbons (Fsp3) is 0.625. The van der Waals surface area contributed by atoms with Gasteiger partial charge in [0.05, 0.1) is 6.04 Å². The van der Waals surface area contributed by atoms with Crippen LogP contribution in [0.4, 0.5) is 0 Å². The smallest absolute Gasteiger partial charge is 0.238 e. The van der Waals surface area contributed by atoms with Gasteiger partial charge < -0.3 is 15.8 Å². The Morgan fingerprint density at radius 1 is 1.83 bits per heavy atom. The number of hydrogen-bond acceptors (Lipinski definition) is 3. The molecular formula is C8H16N2O2. The van der Waals surface area contributed by atoms with Gasteiger partial charge in [0.1, 0.15) is 6.23 Å². The third-order valence-corrected chi connectivity index (χ3v) is 1.38. The maximum absolute atomic E-state index is 11.0. The molecule has 4 nitrogen and oxygen atoms in total. The zero-order valence-electron chi connectivity index (χ0n) is 7.54. The van der Waals surface area contributed by atoms with E-state index in [0.717, 1.165) is 0 Å². The van der Waals surface area contributed by atoms with E-state index in [4.69, 9.17) is 10.5 Å². The van der Waals surface area contributed by atoms with Crippen molar-refractivity contribution in [3.63, 3.8) is 0 Å². The number of methoxy groups -OCH3 is 1. The predicted octanol–water partition coefficient (Wildman–Crippen LogP) is -0.00160. The van der Waals surface area contributed by atoms with Gasteiger partial charge in [0.25, 0.3) is 0 Å². The molecule has 0 aromatic rings. The third-order valence-electron chi connectivity index (χ3n) is 1.38. The molecule has 0 saturated carbocycles. The van der Waals surface area contributed by atoms with Gasteiger partial charge >= 0.3 is 0 Å². The number of nitrogens with one attached hydrogen (secondary N) is 1. The Hall–Kier alpha value is -0.870. The van der Waals surface area contributed by atoms with E-state index >= 15 is 0 Å². The van der Waals surface area contributed by atoms with E-state index in [9.17, 15) is 4.79 Å². The molecule has 0 bridgehead atoms. The molecule has 4 heteroatoms. The minimum atomic E-state index is -0.507. The van der Waals surface area contributed by atoms with Gasteiger partial charge in [-0.1, -0.05) is 6.08 Å². The zero-order chi connectivity index (χ0) is 9.56. The Morgan fingerprint density at radius 2 is 2.42 bits per heavy atom. The Bertz CT molecular complexity index is 157. The van der Waals surface area contributed by atoms with Gasteiger partial charge in [0.2, 0.25) is 5.91 Å². The van der Waals surface area contributed by atoms with E-state index in [-0.39, 0.29) is 12.1 Å². The summed E-state index contributed by atoms with van der Waals surface area (Å²) in [6.07, 6.45) is 1.94. The first kappa shape index (κ1) is 11.1. The minimum Gasteiger partial charge on any atom is -0.361 e. The van der Waals surface area contributed by atoms with E-state index in [1.165, 1.54) is 7.11 Å². The average molecular weight is 172 g/mol. The highest BCUT2D eigenvalue weighted by atomic mass is 16.5. The van der Waals surface area contributed by atoms with Gasteiger partial charge in [-0.3, -0.25) is 4.79 Å². The van der Waals surface area contributed by atoms with Gasteiger partial charge in [-0.15, -0.1) is 6.58 Å². The summed E-state index contributed by atoms with van der Waals surface area (Å²) in [5.41, 5.74) is 5.34. The van der Waals surface area contributed by atoms with Crippen LogP contribution in [0, 0.1) is 0 Å². The molecule has 2 atom stereocenters. The Labute approximate surface area is 72.8 Å². The number of hydrogen-bond donors (Lipinski definition) is 2. The lowest BCUT2D eigenvalue weighted by Gasteiger charge is -2.16. The van der Waals surface area contributed by atoms with E-state index in [1.54, 1.807) is 13.0 Å². The largest absolute Gasteiger partial charge is 0.361 e. The average Bonchev–Trinajstić information content (AvgIpc) is 2.03. The van der Waals surface area contributed by atoms with Crippen LogP contribution in [0.1, 0.15) is 13.3 Å². The van der Waals surface area contributed by atoms with Crippen LogP contribution in [0.25, 0.3) is 0 Å². The first-order chi connectivity index (χ1) is 5.61. The Balaban J connectivity index is 3.84. The predicted molar refractivity (Wildman–Crippen MR) is 47.4 cm³/mol. The topological polar surface area (TPSA) is 64.4 Å². The summed E-state index contributed by atoms with van der Waals surface area (Å²) in [5.74, 6) is -0.219. The molecule has 1 unspecified atom stereocenters. The lowest BCUT2D eigenvalue weighted by atomic mass is 10.3. The summed E-state index contributed by atoms with van der Waals surface area (Å²) < 4.78 is 4.95. The van der Waals surface area contributed by atoms with Crippen LogP contribution in [0.2, 0.25) is 0 Å². The van der Waals surface area contributed by atoms with Crippen molar-refractivity contribution in [1.29, 1.82) is 0 Å². The summed E-state index contributed by atoms with van der Waals surface area (Å²) in [6.45, 7) is 5.16. The molecule has 0 saturated heterocycles. The Morgan fingerprint density at radius 3 is 2.75 bits per heavy atom. The normalized spacial score (nSPS) is 14.9. The van der Waals surface area contributed by atoms with Crippen LogP contribution in [0.3, 0.4) is 0 Å². The second-order valence-corrected chi connectivity index (χ2v) is 2.55. The van der Waals surface area contributed by atoms with Gasteiger partial charge in [-0.25, -0.2) is 0 Å². The molecular weight excluding hydrogens is 156 g/mol. The van der Waals surface area contributed by atoms with E-state index < -0.39 is 6.04 Å². The highest BCUT2D eigenvalue weighted by Gasteiger charge is 2.12. The van der Waals surface area contributed by atoms with Crippen molar-refractivity contribution in [2.45, 2.75) is 25.6 Å². The fourth-order valence-electron chi connectivity index (χ4n) is 0.656. The van der Waals surface area contributed by atoms with Crippen LogP contribution in [0.5, 0.6) is 0 Å². The van der Waals surface area contributed by atoms with Gasteiger partial charge in [0.15, 0.2) is 0 Å². The second kappa shape index (κ2) is 5.74. The molecule has 0 heterocycles. The van der Waals surface area contributed by atoms with Crippen LogP contribution in [-0.2, 0) is 9.53 Å². The van der Waals surface area contributed by atoms with Gasteiger partial charge in [0, 0.05) is 13.5 Å². The second-order valence-electron chi connectivity index (χ2n) is 2.55. The maximum atomic E-state index is 11.0. The van der Waals surface area contributed by atoms with Crippen molar-refractivity contribution < 1.29 is 9.53 Å². The summed E-state index contributed by atoms with van der Waals surface area (Å²) in [7, 11) is 1.52. The van der Waals surface area contributed by atoms with Crippen molar-refractivity contribution in [3.8, 4) is 0 Å².